The number of carbonyl (C=O) groups excluding carboxylic acids is 1. The van der Waals surface area contributed by atoms with E-state index in [1.165, 1.54) is 0 Å². The Labute approximate surface area is 163 Å². The van der Waals surface area contributed by atoms with Crippen molar-refractivity contribution in [2.24, 2.45) is 0 Å². The van der Waals surface area contributed by atoms with Crippen molar-refractivity contribution < 1.29 is 9.53 Å². The molecule has 1 aromatic heterocycles. The van der Waals surface area contributed by atoms with Gasteiger partial charge in [-0.2, -0.15) is 5.26 Å². The Morgan fingerprint density at radius 3 is 2.71 bits per heavy atom. The number of benzene rings is 2. The fourth-order valence-corrected chi connectivity index (χ4v) is 2.69. The van der Waals surface area contributed by atoms with Gasteiger partial charge in [0.25, 0.3) is 0 Å². The molecule has 0 saturated heterocycles. The van der Waals surface area contributed by atoms with Gasteiger partial charge in [-0.3, -0.25) is 4.79 Å². The lowest BCUT2D eigenvalue weighted by Gasteiger charge is -2.14. The summed E-state index contributed by atoms with van der Waals surface area (Å²) in [5.74, 6) is 0.535. The van der Waals surface area contributed by atoms with E-state index in [1.807, 2.05) is 50.2 Å². The standard InChI is InChI=1S/C22H20N4O2/c1-15-9-10-18(16(2)12-15)26-21(27)14-25-19-7-3-4-8-20(19)28-22-17(13-23)6-5-11-24-22/h3-12,25H,14H2,1-2H3,(H,26,27). The number of para-hydroxylation sites is 2. The van der Waals surface area contributed by atoms with Crippen LogP contribution in [0.5, 0.6) is 11.6 Å². The second kappa shape index (κ2) is 8.69. The fourth-order valence-electron chi connectivity index (χ4n) is 2.69. The first kappa shape index (κ1) is 18.9. The number of pyridine rings is 1. The van der Waals surface area contributed by atoms with Crippen molar-refractivity contribution in [3.63, 3.8) is 0 Å². The van der Waals surface area contributed by atoms with Gasteiger partial charge in [0, 0.05) is 11.9 Å². The Kier molecular flexibility index (Phi) is 5.87. The van der Waals surface area contributed by atoms with Crippen LogP contribution in [0.3, 0.4) is 0 Å². The molecule has 0 aliphatic carbocycles. The molecule has 1 heterocycles. The van der Waals surface area contributed by atoms with Crippen LogP contribution in [-0.2, 0) is 4.79 Å². The zero-order valence-electron chi connectivity index (χ0n) is 15.7. The topological polar surface area (TPSA) is 87.0 Å². The highest BCUT2D eigenvalue weighted by atomic mass is 16.5. The van der Waals surface area contributed by atoms with Gasteiger partial charge in [-0.15, -0.1) is 0 Å². The molecule has 3 rings (SSSR count). The highest BCUT2D eigenvalue weighted by Gasteiger charge is 2.11. The van der Waals surface area contributed by atoms with Crippen molar-refractivity contribution in [3.05, 3.63) is 77.5 Å². The maximum absolute atomic E-state index is 12.3. The van der Waals surface area contributed by atoms with E-state index in [9.17, 15) is 10.1 Å². The van der Waals surface area contributed by atoms with Crippen molar-refractivity contribution >= 4 is 17.3 Å². The number of carbonyl (C=O) groups is 1. The fraction of sp³-hybridized carbons (Fsp3) is 0.136. The largest absolute Gasteiger partial charge is 0.436 e. The molecule has 0 spiro atoms. The van der Waals surface area contributed by atoms with Crippen LogP contribution in [-0.4, -0.2) is 17.4 Å². The van der Waals surface area contributed by atoms with Crippen molar-refractivity contribution in [1.82, 2.24) is 4.98 Å². The van der Waals surface area contributed by atoms with Crippen molar-refractivity contribution in [3.8, 4) is 17.7 Å². The first-order valence-corrected chi connectivity index (χ1v) is 8.80. The van der Waals surface area contributed by atoms with Gasteiger partial charge < -0.3 is 15.4 Å². The van der Waals surface area contributed by atoms with E-state index in [1.54, 1.807) is 30.5 Å². The zero-order chi connectivity index (χ0) is 19.9. The normalized spacial score (nSPS) is 10.0. The monoisotopic (exact) mass is 372 g/mol. The minimum absolute atomic E-state index is 0.0705. The predicted molar refractivity (Wildman–Crippen MR) is 109 cm³/mol. The molecule has 0 aliphatic rings. The lowest BCUT2D eigenvalue weighted by molar-refractivity contribution is -0.114. The molecular formula is C22H20N4O2. The Bertz CT molecular complexity index is 1040. The summed E-state index contributed by atoms with van der Waals surface area (Å²) < 4.78 is 5.79. The van der Waals surface area contributed by atoms with E-state index < -0.39 is 0 Å². The van der Waals surface area contributed by atoms with E-state index in [4.69, 9.17) is 4.74 Å². The van der Waals surface area contributed by atoms with E-state index in [0.717, 1.165) is 16.8 Å². The number of amides is 1. The third kappa shape index (κ3) is 4.65. The maximum atomic E-state index is 12.3. The lowest BCUT2D eigenvalue weighted by atomic mass is 10.1. The number of anilines is 2. The quantitative estimate of drug-likeness (QED) is 0.669. The summed E-state index contributed by atoms with van der Waals surface area (Å²) in [4.78, 5) is 16.4. The average Bonchev–Trinajstić information content (AvgIpc) is 2.70. The number of hydrogen-bond donors (Lipinski definition) is 2. The molecule has 28 heavy (non-hydrogen) atoms. The van der Waals surface area contributed by atoms with E-state index in [2.05, 4.69) is 15.6 Å². The SMILES string of the molecule is Cc1ccc(NC(=O)CNc2ccccc2Oc2ncccc2C#N)c(C)c1. The molecule has 0 saturated carbocycles. The van der Waals surface area contributed by atoms with Crippen LogP contribution in [0.15, 0.2) is 60.8 Å². The minimum atomic E-state index is -0.169. The molecular weight excluding hydrogens is 352 g/mol. The molecule has 6 heteroatoms. The first-order valence-electron chi connectivity index (χ1n) is 8.80. The number of nitriles is 1. The van der Waals surface area contributed by atoms with Crippen LogP contribution in [0.2, 0.25) is 0 Å². The van der Waals surface area contributed by atoms with E-state index >= 15 is 0 Å². The van der Waals surface area contributed by atoms with Crippen molar-refractivity contribution in [2.45, 2.75) is 13.8 Å². The molecule has 2 N–H and O–H groups in total. The zero-order valence-corrected chi connectivity index (χ0v) is 15.7. The first-order chi connectivity index (χ1) is 13.6. The Morgan fingerprint density at radius 2 is 1.93 bits per heavy atom. The number of hydrogen-bond acceptors (Lipinski definition) is 5. The Hall–Kier alpha value is -3.85. The molecule has 3 aromatic rings. The molecule has 0 fully saturated rings. The van der Waals surface area contributed by atoms with Gasteiger partial charge in [0.1, 0.15) is 11.6 Å². The van der Waals surface area contributed by atoms with Gasteiger partial charge in [-0.25, -0.2) is 4.98 Å². The molecule has 6 nitrogen and oxygen atoms in total. The second-order valence-electron chi connectivity index (χ2n) is 6.29. The molecule has 2 aromatic carbocycles. The molecule has 0 unspecified atom stereocenters. The minimum Gasteiger partial charge on any atom is -0.436 e. The number of aromatic nitrogens is 1. The van der Waals surface area contributed by atoms with Gasteiger partial charge >= 0.3 is 0 Å². The smallest absolute Gasteiger partial charge is 0.243 e. The van der Waals surface area contributed by atoms with Crippen LogP contribution in [0.4, 0.5) is 11.4 Å². The number of nitrogens with one attached hydrogen (secondary N) is 2. The van der Waals surface area contributed by atoms with Gasteiger partial charge in [0.2, 0.25) is 11.8 Å². The molecule has 0 aliphatic heterocycles. The van der Waals surface area contributed by atoms with Crippen molar-refractivity contribution in [2.75, 3.05) is 17.2 Å². The summed E-state index contributed by atoms with van der Waals surface area (Å²) >= 11 is 0. The number of ether oxygens (including phenoxy) is 1. The summed E-state index contributed by atoms with van der Waals surface area (Å²) in [6.07, 6.45) is 1.56. The molecule has 0 radical (unpaired) electrons. The molecule has 0 atom stereocenters. The highest BCUT2D eigenvalue weighted by Crippen LogP contribution is 2.29. The summed E-state index contributed by atoms with van der Waals surface area (Å²) in [7, 11) is 0. The van der Waals surface area contributed by atoms with Crippen LogP contribution < -0.4 is 15.4 Å². The Morgan fingerprint density at radius 1 is 1.11 bits per heavy atom. The van der Waals surface area contributed by atoms with Crippen LogP contribution >= 0.6 is 0 Å². The summed E-state index contributed by atoms with van der Waals surface area (Å²) in [6, 6.07) is 18.4. The molecule has 1 amide bonds. The van der Waals surface area contributed by atoms with Gasteiger partial charge in [0.15, 0.2) is 5.75 Å². The third-order valence-corrected chi connectivity index (χ3v) is 4.08. The number of aryl methyl sites for hydroxylation is 2. The van der Waals surface area contributed by atoms with Gasteiger partial charge in [0.05, 0.1) is 12.2 Å². The van der Waals surface area contributed by atoms with Crippen LogP contribution in [0.1, 0.15) is 16.7 Å². The maximum Gasteiger partial charge on any atom is 0.243 e. The average molecular weight is 372 g/mol. The van der Waals surface area contributed by atoms with Gasteiger partial charge in [-0.05, 0) is 49.7 Å². The van der Waals surface area contributed by atoms with E-state index in [0.29, 0.717) is 17.0 Å². The third-order valence-electron chi connectivity index (χ3n) is 4.08. The highest BCUT2D eigenvalue weighted by molar-refractivity contribution is 5.94. The van der Waals surface area contributed by atoms with E-state index in [-0.39, 0.29) is 18.3 Å². The molecule has 140 valence electrons. The molecule has 0 bridgehead atoms. The summed E-state index contributed by atoms with van der Waals surface area (Å²) in [5, 5.41) is 15.2. The lowest BCUT2D eigenvalue weighted by Crippen LogP contribution is -2.22. The predicted octanol–water partition coefficient (Wildman–Crippen LogP) is 4.41. The Balaban J connectivity index is 1.68. The summed E-state index contributed by atoms with van der Waals surface area (Å²) in [6.45, 7) is 4.04. The number of rotatable bonds is 6. The van der Waals surface area contributed by atoms with Gasteiger partial charge in [-0.1, -0.05) is 29.8 Å². The second-order valence-corrected chi connectivity index (χ2v) is 6.29. The van der Waals surface area contributed by atoms with Crippen LogP contribution in [0, 0.1) is 25.2 Å². The van der Waals surface area contributed by atoms with Crippen molar-refractivity contribution in [1.29, 1.82) is 5.26 Å². The van der Waals surface area contributed by atoms with Crippen LogP contribution in [0.25, 0.3) is 0 Å². The summed E-state index contributed by atoms with van der Waals surface area (Å²) in [5.41, 5.74) is 3.91. The number of nitrogens with zero attached hydrogens (tertiary/aromatic N) is 2.